The van der Waals surface area contributed by atoms with Gasteiger partial charge in [0.25, 0.3) is 5.91 Å². The highest BCUT2D eigenvalue weighted by Gasteiger charge is 2.50. The number of ether oxygens (including phenoxy) is 2. The van der Waals surface area contributed by atoms with Crippen molar-refractivity contribution in [2.75, 3.05) is 32.3 Å². The summed E-state index contributed by atoms with van der Waals surface area (Å²) in [5, 5.41) is 0. The number of carbonyl (C=O) groups excluding carboxylic acids is 1. The van der Waals surface area contributed by atoms with Gasteiger partial charge in [0.2, 0.25) is 0 Å². The van der Waals surface area contributed by atoms with Crippen molar-refractivity contribution in [3.63, 3.8) is 0 Å². The van der Waals surface area contributed by atoms with E-state index in [-0.39, 0.29) is 19.1 Å². The molecule has 2 aromatic rings. The molecular weight excluding hydrogens is 381 g/mol. The quantitative estimate of drug-likeness (QED) is 0.596. The van der Waals surface area contributed by atoms with Crippen molar-refractivity contribution in [1.29, 1.82) is 0 Å². The van der Waals surface area contributed by atoms with Gasteiger partial charge in [-0.25, -0.2) is 0 Å². The van der Waals surface area contributed by atoms with Crippen molar-refractivity contribution in [2.24, 2.45) is 0 Å². The van der Waals surface area contributed by atoms with Gasteiger partial charge in [-0.2, -0.15) is 0 Å². The van der Waals surface area contributed by atoms with Crippen LogP contribution in [0.15, 0.2) is 42.5 Å². The number of hydrogen-bond acceptors (Lipinski definition) is 6. The molecule has 0 radical (unpaired) electrons. The second-order valence-electron chi connectivity index (χ2n) is 6.05. The van der Waals surface area contributed by atoms with Gasteiger partial charge in [-0.3, -0.25) is 14.3 Å². The van der Waals surface area contributed by atoms with Crippen molar-refractivity contribution in [3.05, 3.63) is 53.6 Å². The Bertz CT molecular complexity index is 905. The summed E-state index contributed by atoms with van der Waals surface area (Å²) in [4.78, 5) is 14.7. The molecule has 0 N–H and O–H groups in total. The second kappa shape index (κ2) is 8.35. The minimum Gasteiger partial charge on any atom is -0.493 e. The number of amides is 1. The van der Waals surface area contributed by atoms with E-state index < -0.39 is 13.4 Å². The molecule has 0 spiro atoms. The first-order valence-corrected chi connectivity index (χ1v) is 10.6. The van der Waals surface area contributed by atoms with E-state index in [0.29, 0.717) is 28.3 Å². The SMILES string of the molecule is CCOP(=O)(OCC)C1c2ccccc2C(=O)N1c1ccc(OC)c(OC)c1. The molecule has 0 saturated heterocycles. The molecule has 1 aliphatic heterocycles. The minimum absolute atomic E-state index is 0.198. The maximum absolute atomic E-state index is 13.7. The molecule has 28 heavy (non-hydrogen) atoms. The lowest BCUT2D eigenvalue weighted by molar-refractivity contribution is 0.0990. The van der Waals surface area contributed by atoms with Gasteiger partial charge < -0.3 is 18.5 Å². The van der Waals surface area contributed by atoms with Crippen molar-refractivity contribution < 1.29 is 27.9 Å². The van der Waals surface area contributed by atoms with Crippen LogP contribution in [0.25, 0.3) is 0 Å². The van der Waals surface area contributed by atoms with Crippen LogP contribution in [0.3, 0.4) is 0 Å². The third-order valence-electron chi connectivity index (χ3n) is 4.50. The number of methoxy groups -OCH3 is 2. The largest absolute Gasteiger partial charge is 0.493 e. The van der Waals surface area contributed by atoms with Crippen molar-refractivity contribution >= 4 is 19.2 Å². The zero-order valence-electron chi connectivity index (χ0n) is 16.4. The number of benzene rings is 2. The summed E-state index contributed by atoms with van der Waals surface area (Å²) in [5.74, 6) is -0.156. The fraction of sp³-hybridized carbons (Fsp3) is 0.350. The summed E-state index contributed by atoms with van der Waals surface area (Å²) in [6.45, 7) is 3.89. The van der Waals surface area contributed by atoms with Crippen LogP contribution in [-0.4, -0.2) is 33.3 Å². The normalized spacial score (nSPS) is 16.2. The number of rotatable bonds is 8. The Hall–Kier alpha value is -2.34. The summed E-state index contributed by atoms with van der Waals surface area (Å²) in [5.41, 5.74) is 1.61. The van der Waals surface area contributed by atoms with E-state index in [4.69, 9.17) is 18.5 Å². The molecule has 2 aromatic carbocycles. The van der Waals surface area contributed by atoms with E-state index in [9.17, 15) is 9.36 Å². The van der Waals surface area contributed by atoms with E-state index >= 15 is 0 Å². The van der Waals surface area contributed by atoms with E-state index in [1.54, 1.807) is 56.3 Å². The zero-order valence-corrected chi connectivity index (χ0v) is 17.3. The molecule has 150 valence electrons. The minimum atomic E-state index is -3.67. The lowest BCUT2D eigenvalue weighted by atomic mass is 10.1. The van der Waals surface area contributed by atoms with Crippen LogP contribution in [-0.2, 0) is 13.6 Å². The maximum Gasteiger partial charge on any atom is 0.357 e. The highest BCUT2D eigenvalue weighted by molar-refractivity contribution is 7.54. The molecule has 1 atom stereocenters. The van der Waals surface area contributed by atoms with E-state index in [1.165, 1.54) is 19.1 Å². The lowest BCUT2D eigenvalue weighted by Crippen LogP contribution is -2.29. The Kier molecular flexibility index (Phi) is 6.08. The number of carbonyl (C=O) groups is 1. The first-order chi connectivity index (χ1) is 13.5. The van der Waals surface area contributed by atoms with E-state index in [0.717, 1.165) is 0 Å². The van der Waals surface area contributed by atoms with Gasteiger partial charge in [-0.05, 0) is 37.6 Å². The van der Waals surface area contributed by atoms with Crippen molar-refractivity contribution in [3.8, 4) is 11.5 Å². The molecular formula is C20H24NO6P. The smallest absolute Gasteiger partial charge is 0.357 e. The standard InChI is InChI=1S/C20H24NO6P/c1-5-26-28(23,27-6-2)20-16-10-8-7-9-15(16)19(22)21(20)14-11-12-17(24-3)18(13-14)25-4/h7-13,20H,5-6H2,1-4H3. The molecule has 0 aromatic heterocycles. The molecule has 8 heteroatoms. The predicted octanol–water partition coefficient (Wildman–Crippen LogP) is 4.63. The predicted molar refractivity (Wildman–Crippen MR) is 106 cm³/mol. The Labute approximate surface area is 164 Å². The van der Waals surface area contributed by atoms with Crippen molar-refractivity contribution in [1.82, 2.24) is 0 Å². The summed E-state index contributed by atoms with van der Waals surface area (Å²) < 4.78 is 35.5. The summed E-state index contributed by atoms with van der Waals surface area (Å²) in [6, 6.07) is 12.2. The molecule has 0 aliphatic carbocycles. The van der Waals surface area contributed by atoms with Crippen LogP contribution >= 0.6 is 7.60 Å². The van der Waals surface area contributed by atoms with Gasteiger partial charge in [-0.15, -0.1) is 0 Å². The Morgan fingerprint density at radius 2 is 1.61 bits per heavy atom. The van der Waals surface area contributed by atoms with Crippen LogP contribution < -0.4 is 14.4 Å². The van der Waals surface area contributed by atoms with E-state index in [2.05, 4.69) is 0 Å². The van der Waals surface area contributed by atoms with Gasteiger partial charge in [0.15, 0.2) is 17.3 Å². The second-order valence-corrected chi connectivity index (χ2v) is 8.14. The fourth-order valence-corrected chi connectivity index (χ4v) is 5.54. The zero-order chi connectivity index (χ0) is 20.3. The van der Waals surface area contributed by atoms with Crippen LogP contribution in [0.5, 0.6) is 11.5 Å². The molecule has 1 unspecified atom stereocenters. The molecule has 3 rings (SSSR count). The highest BCUT2D eigenvalue weighted by Crippen LogP contribution is 2.65. The number of hydrogen-bond donors (Lipinski definition) is 0. The first-order valence-electron chi connectivity index (χ1n) is 9.04. The van der Waals surface area contributed by atoms with Gasteiger partial charge in [0.05, 0.1) is 27.4 Å². The van der Waals surface area contributed by atoms with Gasteiger partial charge in [0.1, 0.15) is 0 Å². The number of anilines is 1. The summed E-state index contributed by atoms with van der Waals surface area (Å²) in [6.07, 6.45) is 0. The van der Waals surface area contributed by atoms with Gasteiger partial charge in [-0.1, -0.05) is 18.2 Å². The Morgan fingerprint density at radius 1 is 0.964 bits per heavy atom. The highest BCUT2D eigenvalue weighted by atomic mass is 31.2. The maximum atomic E-state index is 13.7. The molecule has 0 saturated carbocycles. The van der Waals surface area contributed by atoms with Crippen LogP contribution in [0.2, 0.25) is 0 Å². The Morgan fingerprint density at radius 3 is 2.21 bits per heavy atom. The van der Waals surface area contributed by atoms with Crippen LogP contribution in [0, 0.1) is 0 Å². The van der Waals surface area contributed by atoms with Gasteiger partial charge >= 0.3 is 7.60 Å². The van der Waals surface area contributed by atoms with Gasteiger partial charge in [0, 0.05) is 17.3 Å². The Balaban J connectivity index is 2.18. The molecule has 1 heterocycles. The van der Waals surface area contributed by atoms with Crippen LogP contribution in [0.1, 0.15) is 35.6 Å². The third kappa shape index (κ3) is 3.41. The molecule has 1 aliphatic rings. The average Bonchev–Trinajstić information content (AvgIpc) is 3.01. The van der Waals surface area contributed by atoms with Crippen molar-refractivity contribution in [2.45, 2.75) is 19.6 Å². The topological polar surface area (TPSA) is 74.3 Å². The summed E-state index contributed by atoms with van der Waals surface area (Å²) in [7, 11) is -0.612. The lowest BCUT2D eigenvalue weighted by Gasteiger charge is -2.31. The molecule has 0 bridgehead atoms. The van der Waals surface area contributed by atoms with Crippen LogP contribution in [0.4, 0.5) is 5.69 Å². The van der Waals surface area contributed by atoms with E-state index in [1.807, 2.05) is 0 Å². The average molecular weight is 405 g/mol. The number of nitrogens with zero attached hydrogens (tertiary/aromatic N) is 1. The monoisotopic (exact) mass is 405 g/mol. The molecule has 1 amide bonds. The first kappa shape index (κ1) is 20.4. The summed E-state index contributed by atoms with van der Waals surface area (Å²) >= 11 is 0. The molecule has 7 nitrogen and oxygen atoms in total. The molecule has 0 fully saturated rings. The fourth-order valence-electron chi connectivity index (χ4n) is 3.38. The number of fused-ring (bicyclic) bond motifs is 1. The third-order valence-corrected chi connectivity index (χ3v) is 6.84.